The molecule has 0 bridgehead atoms. The number of benzene rings is 2. The first-order chi connectivity index (χ1) is 13.0. The van der Waals surface area contributed by atoms with Crippen LogP contribution in [0.15, 0.2) is 58.3 Å². The van der Waals surface area contributed by atoms with E-state index in [0.29, 0.717) is 17.3 Å². The van der Waals surface area contributed by atoms with Crippen LogP contribution in [0, 0.1) is 17.5 Å². The maximum absolute atomic E-state index is 13.4. The molecule has 0 radical (unpaired) electrons. The fourth-order valence-corrected chi connectivity index (χ4v) is 2.04. The zero-order chi connectivity index (χ0) is 19.2. The van der Waals surface area contributed by atoms with Gasteiger partial charge in [-0.25, -0.2) is 18.2 Å². The van der Waals surface area contributed by atoms with Crippen molar-refractivity contribution in [2.75, 3.05) is 5.32 Å². The van der Waals surface area contributed by atoms with Crippen molar-refractivity contribution in [3.8, 4) is 11.5 Å². The minimum absolute atomic E-state index is 0.0839. The largest absolute Gasteiger partial charge is 0.444 e. The number of hydrogen-bond donors (Lipinski definition) is 1. The SMILES string of the molecule is O=C(/C=N/OCc1coc(-c2ccc(F)cc2)n1)Nc1ccc(F)cc1F. The number of halogens is 3. The summed E-state index contributed by atoms with van der Waals surface area (Å²) in [6.45, 7) is -0.0839. The number of aromatic nitrogens is 1. The lowest BCUT2D eigenvalue weighted by Gasteiger charge is -2.02. The van der Waals surface area contributed by atoms with Crippen molar-refractivity contribution in [1.82, 2.24) is 4.98 Å². The lowest BCUT2D eigenvalue weighted by Crippen LogP contribution is -2.14. The molecule has 2 aromatic carbocycles. The van der Waals surface area contributed by atoms with Crippen molar-refractivity contribution >= 4 is 17.8 Å². The van der Waals surface area contributed by atoms with Crippen LogP contribution in [-0.2, 0) is 16.2 Å². The fourth-order valence-electron chi connectivity index (χ4n) is 2.04. The van der Waals surface area contributed by atoms with Crippen LogP contribution in [0.1, 0.15) is 5.69 Å². The monoisotopic (exact) mass is 375 g/mol. The van der Waals surface area contributed by atoms with Gasteiger partial charge in [-0.05, 0) is 36.4 Å². The van der Waals surface area contributed by atoms with E-state index in [1.165, 1.54) is 30.5 Å². The van der Waals surface area contributed by atoms with Gasteiger partial charge in [-0.15, -0.1) is 0 Å². The van der Waals surface area contributed by atoms with Crippen LogP contribution in [0.4, 0.5) is 18.9 Å². The number of oxazole rings is 1. The Labute approximate surface area is 151 Å². The fraction of sp³-hybridized carbons (Fsp3) is 0.0556. The Morgan fingerprint density at radius 2 is 1.89 bits per heavy atom. The molecule has 1 N–H and O–H groups in total. The summed E-state index contributed by atoms with van der Waals surface area (Å²) in [4.78, 5) is 20.7. The van der Waals surface area contributed by atoms with Crippen molar-refractivity contribution in [1.29, 1.82) is 0 Å². The third-order valence-electron chi connectivity index (χ3n) is 3.29. The maximum atomic E-state index is 13.4. The summed E-state index contributed by atoms with van der Waals surface area (Å²) in [5, 5.41) is 5.63. The zero-order valence-corrected chi connectivity index (χ0v) is 13.7. The summed E-state index contributed by atoms with van der Waals surface area (Å²) in [6.07, 6.45) is 2.13. The van der Waals surface area contributed by atoms with Crippen LogP contribution < -0.4 is 5.32 Å². The molecule has 0 saturated carbocycles. The topological polar surface area (TPSA) is 76.7 Å². The second-order valence-electron chi connectivity index (χ2n) is 5.27. The zero-order valence-electron chi connectivity index (χ0n) is 13.7. The predicted octanol–water partition coefficient (Wildman–Crippen LogP) is 3.90. The summed E-state index contributed by atoms with van der Waals surface area (Å²) in [5.41, 5.74) is 0.802. The summed E-state index contributed by atoms with van der Waals surface area (Å²) < 4.78 is 44.4. The molecule has 0 spiro atoms. The molecule has 0 atom stereocenters. The maximum Gasteiger partial charge on any atom is 0.270 e. The van der Waals surface area contributed by atoms with Gasteiger partial charge in [0, 0.05) is 11.6 Å². The number of carbonyl (C=O) groups excluding carboxylic acids is 1. The highest BCUT2D eigenvalue weighted by Gasteiger charge is 2.08. The molecule has 3 aromatic rings. The van der Waals surface area contributed by atoms with Crippen molar-refractivity contribution in [2.24, 2.45) is 5.16 Å². The number of hydrogen-bond acceptors (Lipinski definition) is 5. The van der Waals surface area contributed by atoms with Gasteiger partial charge >= 0.3 is 0 Å². The highest BCUT2D eigenvalue weighted by atomic mass is 19.1. The van der Waals surface area contributed by atoms with E-state index < -0.39 is 17.5 Å². The summed E-state index contributed by atoms with van der Waals surface area (Å²) >= 11 is 0. The van der Waals surface area contributed by atoms with Crippen LogP contribution in [0.25, 0.3) is 11.5 Å². The highest BCUT2D eigenvalue weighted by molar-refractivity contribution is 6.31. The molecular formula is C18H12F3N3O3. The Morgan fingerprint density at radius 3 is 2.63 bits per heavy atom. The lowest BCUT2D eigenvalue weighted by molar-refractivity contribution is -0.110. The number of anilines is 1. The number of nitrogens with one attached hydrogen (secondary N) is 1. The molecule has 1 heterocycles. The van der Waals surface area contributed by atoms with Crippen molar-refractivity contribution in [3.05, 3.63) is 71.9 Å². The normalized spacial score (nSPS) is 10.9. The van der Waals surface area contributed by atoms with Gasteiger partial charge in [0.15, 0.2) is 6.61 Å². The molecule has 1 amide bonds. The van der Waals surface area contributed by atoms with E-state index in [9.17, 15) is 18.0 Å². The minimum Gasteiger partial charge on any atom is -0.444 e. The van der Waals surface area contributed by atoms with Crippen molar-refractivity contribution < 1.29 is 27.2 Å². The van der Waals surface area contributed by atoms with Gasteiger partial charge in [0.25, 0.3) is 5.91 Å². The molecule has 1 aromatic heterocycles. The molecular weight excluding hydrogens is 363 g/mol. The number of nitrogens with zero attached hydrogens (tertiary/aromatic N) is 2. The molecule has 0 saturated heterocycles. The molecule has 0 fully saturated rings. The Morgan fingerprint density at radius 1 is 1.15 bits per heavy atom. The average molecular weight is 375 g/mol. The quantitative estimate of drug-likeness (QED) is 0.524. The van der Waals surface area contributed by atoms with E-state index in [2.05, 4.69) is 15.5 Å². The Hall–Kier alpha value is -3.62. The van der Waals surface area contributed by atoms with Crippen LogP contribution in [0.2, 0.25) is 0 Å². The summed E-state index contributed by atoms with van der Waals surface area (Å²) in [6, 6.07) is 8.34. The first-order valence-corrected chi connectivity index (χ1v) is 7.63. The van der Waals surface area contributed by atoms with Crippen LogP contribution >= 0.6 is 0 Å². The molecule has 0 unspecified atom stereocenters. The first kappa shape index (κ1) is 18.2. The van der Waals surface area contributed by atoms with Gasteiger partial charge in [-0.3, -0.25) is 4.79 Å². The number of oxime groups is 1. The Balaban J connectivity index is 1.50. The molecule has 27 heavy (non-hydrogen) atoms. The second-order valence-corrected chi connectivity index (χ2v) is 5.27. The molecule has 0 aliphatic carbocycles. The third-order valence-corrected chi connectivity index (χ3v) is 3.29. The number of carbonyl (C=O) groups is 1. The van der Waals surface area contributed by atoms with E-state index in [0.717, 1.165) is 18.3 Å². The standard InChI is InChI=1S/C18H12F3N3O3/c19-12-3-1-11(2-4-12)18-23-14(9-26-18)10-27-22-8-17(25)24-16-6-5-13(20)7-15(16)21/h1-9H,10H2,(H,24,25)/b22-8+. The van der Waals surface area contributed by atoms with Gasteiger partial charge in [0.1, 0.15) is 35.6 Å². The number of amides is 1. The number of rotatable bonds is 6. The molecule has 6 nitrogen and oxygen atoms in total. The molecule has 138 valence electrons. The third kappa shape index (κ3) is 4.94. The van der Waals surface area contributed by atoms with E-state index in [1.807, 2.05) is 0 Å². The van der Waals surface area contributed by atoms with Crippen LogP contribution in [0.3, 0.4) is 0 Å². The summed E-state index contributed by atoms with van der Waals surface area (Å²) in [5.74, 6) is -2.51. The Kier molecular flexibility index (Phi) is 5.50. The van der Waals surface area contributed by atoms with Gasteiger partial charge < -0.3 is 14.6 Å². The van der Waals surface area contributed by atoms with Gasteiger partial charge in [-0.1, -0.05) is 5.16 Å². The smallest absolute Gasteiger partial charge is 0.270 e. The van der Waals surface area contributed by atoms with Gasteiger partial charge in [-0.2, -0.15) is 0 Å². The van der Waals surface area contributed by atoms with E-state index in [1.54, 1.807) is 0 Å². The molecule has 3 rings (SSSR count). The van der Waals surface area contributed by atoms with Crippen LogP contribution in [-0.4, -0.2) is 17.1 Å². The van der Waals surface area contributed by atoms with Crippen molar-refractivity contribution in [3.63, 3.8) is 0 Å². The van der Waals surface area contributed by atoms with E-state index in [-0.39, 0.29) is 24.0 Å². The Bertz CT molecular complexity index is 971. The molecule has 0 aliphatic heterocycles. The van der Waals surface area contributed by atoms with E-state index >= 15 is 0 Å². The average Bonchev–Trinajstić information content (AvgIpc) is 3.11. The van der Waals surface area contributed by atoms with Crippen LogP contribution in [0.5, 0.6) is 0 Å². The van der Waals surface area contributed by atoms with Gasteiger partial charge in [0.2, 0.25) is 5.89 Å². The highest BCUT2D eigenvalue weighted by Crippen LogP contribution is 2.19. The second kappa shape index (κ2) is 8.17. The summed E-state index contributed by atoms with van der Waals surface area (Å²) in [7, 11) is 0. The molecule has 9 heteroatoms. The molecule has 0 aliphatic rings. The predicted molar refractivity (Wildman–Crippen MR) is 90.2 cm³/mol. The van der Waals surface area contributed by atoms with Gasteiger partial charge in [0.05, 0.1) is 5.69 Å². The lowest BCUT2D eigenvalue weighted by atomic mass is 10.2. The first-order valence-electron chi connectivity index (χ1n) is 7.63. The minimum atomic E-state index is -0.909. The van der Waals surface area contributed by atoms with Crippen molar-refractivity contribution in [2.45, 2.75) is 6.61 Å². The van der Waals surface area contributed by atoms with E-state index in [4.69, 9.17) is 9.25 Å².